The van der Waals surface area contributed by atoms with Crippen LogP contribution in [0.2, 0.25) is 0 Å². The highest BCUT2D eigenvalue weighted by atomic mass is 32.2. The highest BCUT2D eigenvalue weighted by molar-refractivity contribution is 8.13. The Morgan fingerprint density at radius 3 is 2.81 bits per heavy atom. The molecule has 7 nitrogen and oxygen atoms in total. The van der Waals surface area contributed by atoms with Gasteiger partial charge < -0.3 is 15.8 Å². The second-order valence-electron chi connectivity index (χ2n) is 7.80. The van der Waals surface area contributed by atoms with Crippen molar-refractivity contribution in [1.82, 2.24) is 9.97 Å². The molecule has 3 atom stereocenters. The summed E-state index contributed by atoms with van der Waals surface area (Å²) < 4.78 is 46.0. The number of hydrogen-bond acceptors (Lipinski definition) is 7. The van der Waals surface area contributed by atoms with Gasteiger partial charge in [-0.1, -0.05) is 11.8 Å². The average molecular weight is 466 g/mol. The third-order valence-corrected chi connectivity index (χ3v) is 6.90. The Balaban J connectivity index is 1.66. The summed E-state index contributed by atoms with van der Waals surface area (Å²) in [5.74, 6) is -0.312. The highest BCUT2D eigenvalue weighted by Gasteiger charge is 2.49. The number of carbonyl (C=O) groups excluding carboxylic acids is 1. The van der Waals surface area contributed by atoms with Crippen LogP contribution in [0, 0.1) is 11.7 Å². The van der Waals surface area contributed by atoms with Gasteiger partial charge in [-0.15, -0.1) is 0 Å². The molecule has 2 aromatic rings. The topological polar surface area (TPSA) is 102 Å². The van der Waals surface area contributed by atoms with E-state index in [1.54, 1.807) is 13.2 Å². The van der Waals surface area contributed by atoms with E-state index in [4.69, 9.17) is 15.5 Å². The average Bonchev–Trinajstić information content (AvgIpc) is 2.79. The van der Waals surface area contributed by atoms with Crippen molar-refractivity contribution in [2.75, 3.05) is 18.2 Å². The largest absolute Gasteiger partial charge is 0.381 e. The number of fused-ring (bicyclic) bond motifs is 1. The normalized spacial score (nSPS) is 25.2. The fourth-order valence-corrected chi connectivity index (χ4v) is 5.35. The zero-order valence-corrected chi connectivity index (χ0v) is 18.0. The number of halogens is 3. The van der Waals surface area contributed by atoms with E-state index in [2.05, 4.69) is 15.3 Å². The first-order valence-corrected chi connectivity index (χ1v) is 11.0. The molecule has 4 rings (SSSR count). The summed E-state index contributed by atoms with van der Waals surface area (Å²) in [7, 11) is 1.62. The number of carbonyl (C=O) groups is 1. The third kappa shape index (κ3) is 4.31. The van der Waals surface area contributed by atoms with E-state index in [0.717, 1.165) is 25.2 Å². The summed E-state index contributed by atoms with van der Waals surface area (Å²) in [4.78, 5) is 24.5. The highest BCUT2D eigenvalue weighted by Crippen LogP contribution is 2.50. The first-order valence-electron chi connectivity index (χ1n) is 10.0. The van der Waals surface area contributed by atoms with Crippen LogP contribution in [-0.2, 0) is 10.3 Å². The lowest BCUT2D eigenvalue weighted by atomic mass is 9.68. The molecule has 32 heavy (non-hydrogen) atoms. The predicted octanol–water partition coefficient (Wildman–Crippen LogP) is 3.88. The number of amides is 1. The van der Waals surface area contributed by atoms with E-state index in [1.807, 2.05) is 0 Å². The number of rotatable bonds is 5. The van der Waals surface area contributed by atoms with Crippen LogP contribution in [0.1, 0.15) is 47.4 Å². The summed E-state index contributed by atoms with van der Waals surface area (Å²) in [6.45, 7) is 0. The van der Waals surface area contributed by atoms with Crippen LogP contribution in [0.3, 0.4) is 0 Å². The number of alkyl halides is 2. The van der Waals surface area contributed by atoms with Crippen molar-refractivity contribution in [3.63, 3.8) is 0 Å². The van der Waals surface area contributed by atoms with Crippen molar-refractivity contribution in [2.24, 2.45) is 16.6 Å². The number of hydrogen-bond donors (Lipinski definition) is 2. The summed E-state index contributed by atoms with van der Waals surface area (Å²) >= 11 is 1.45. The molecule has 2 aliphatic rings. The Morgan fingerprint density at radius 2 is 2.12 bits per heavy atom. The van der Waals surface area contributed by atoms with Crippen LogP contribution in [0.4, 0.5) is 18.9 Å². The number of ether oxygens (including phenoxy) is 1. The van der Waals surface area contributed by atoms with E-state index in [1.165, 1.54) is 23.9 Å². The van der Waals surface area contributed by atoms with Crippen LogP contribution in [0.25, 0.3) is 0 Å². The molecular weight excluding hydrogens is 443 g/mol. The molecule has 0 saturated heterocycles. The van der Waals surface area contributed by atoms with Crippen molar-refractivity contribution in [1.29, 1.82) is 0 Å². The van der Waals surface area contributed by atoms with Crippen molar-refractivity contribution in [3.05, 3.63) is 53.4 Å². The van der Waals surface area contributed by atoms with Crippen molar-refractivity contribution < 1.29 is 22.7 Å². The number of aliphatic imine (C=N–C) groups is 1. The molecule has 2 heterocycles. The summed E-state index contributed by atoms with van der Waals surface area (Å²) in [6, 6.07) is 4.24. The van der Waals surface area contributed by atoms with E-state index in [0.29, 0.717) is 28.6 Å². The maximum absolute atomic E-state index is 15.1. The van der Waals surface area contributed by atoms with E-state index in [-0.39, 0.29) is 17.7 Å². The molecule has 3 N–H and O–H groups in total. The van der Waals surface area contributed by atoms with Crippen molar-refractivity contribution in [3.8, 4) is 0 Å². The monoisotopic (exact) mass is 465 g/mol. The van der Waals surface area contributed by atoms with E-state index >= 15 is 4.39 Å². The van der Waals surface area contributed by atoms with Gasteiger partial charge in [-0.05, 0) is 37.0 Å². The first-order chi connectivity index (χ1) is 15.3. The van der Waals surface area contributed by atoms with Crippen LogP contribution < -0.4 is 11.1 Å². The number of thioether (sulfide) groups is 1. The molecule has 1 amide bonds. The molecule has 0 spiro atoms. The zero-order valence-electron chi connectivity index (χ0n) is 17.2. The molecule has 1 aromatic heterocycles. The summed E-state index contributed by atoms with van der Waals surface area (Å²) in [5.41, 5.74) is 5.16. The first kappa shape index (κ1) is 22.5. The van der Waals surface area contributed by atoms with Crippen LogP contribution in [0.5, 0.6) is 0 Å². The number of benzene rings is 1. The standard InChI is InChI=1S/C21H22F3N5O2S/c1-31-13-4-2-11-10-32-20(25)29-21(11,7-13)14-6-12(3-5-15(14)22)28-19(30)17-9-26-16(8-27-17)18(23)24/h3,5-6,8-9,11,13,18H,2,4,7,10H2,1H3,(H2,25,29)(H,28,30)/t11-,13+,21-/m0/s1. The maximum atomic E-state index is 15.1. The molecule has 1 aliphatic carbocycles. The lowest BCUT2D eigenvalue weighted by Gasteiger charge is -2.46. The lowest BCUT2D eigenvalue weighted by molar-refractivity contribution is 0.0193. The number of nitrogens with two attached hydrogens (primary N) is 1. The van der Waals surface area contributed by atoms with Crippen LogP contribution in [0.15, 0.2) is 35.6 Å². The molecule has 1 fully saturated rings. The van der Waals surface area contributed by atoms with Gasteiger partial charge in [-0.25, -0.2) is 18.2 Å². The second kappa shape index (κ2) is 9.07. The minimum atomic E-state index is -2.78. The zero-order chi connectivity index (χ0) is 22.9. The Hall–Kier alpha value is -2.66. The van der Waals surface area contributed by atoms with Gasteiger partial charge in [-0.3, -0.25) is 14.8 Å². The Morgan fingerprint density at radius 1 is 1.31 bits per heavy atom. The lowest BCUT2D eigenvalue weighted by Crippen LogP contribution is -2.47. The Kier molecular flexibility index (Phi) is 6.38. The summed E-state index contributed by atoms with van der Waals surface area (Å²) in [5, 5.41) is 3.02. The number of amidine groups is 1. The summed E-state index contributed by atoms with van der Waals surface area (Å²) in [6.07, 6.45) is 1.10. The fraction of sp³-hybridized carbons (Fsp3) is 0.429. The SMILES string of the molecule is CO[C@@H]1CC[C@H]2CSC(N)=N[C@@]2(c2cc(NC(=O)c3cnc(C(F)F)cn3)ccc2F)C1. The van der Waals surface area contributed by atoms with Crippen molar-refractivity contribution >= 4 is 28.5 Å². The molecule has 1 aliphatic heterocycles. The van der Waals surface area contributed by atoms with Gasteiger partial charge in [0.1, 0.15) is 17.2 Å². The second-order valence-corrected chi connectivity index (χ2v) is 8.84. The molecule has 1 saturated carbocycles. The van der Waals surface area contributed by atoms with E-state index < -0.39 is 29.4 Å². The van der Waals surface area contributed by atoms with Gasteiger partial charge in [0.2, 0.25) is 0 Å². The van der Waals surface area contributed by atoms with Gasteiger partial charge >= 0.3 is 0 Å². The van der Waals surface area contributed by atoms with Gasteiger partial charge in [-0.2, -0.15) is 0 Å². The number of methoxy groups -OCH3 is 1. The number of nitrogens with zero attached hydrogens (tertiary/aromatic N) is 3. The third-order valence-electron chi connectivity index (χ3n) is 5.95. The van der Waals surface area contributed by atoms with E-state index in [9.17, 15) is 13.6 Å². The maximum Gasteiger partial charge on any atom is 0.281 e. The van der Waals surface area contributed by atoms with Crippen LogP contribution in [-0.4, -0.2) is 40.0 Å². The quantitative estimate of drug-likeness (QED) is 0.695. The minimum absolute atomic E-state index is 0.0689. The van der Waals surface area contributed by atoms with Gasteiger partial charge in [0.15, 0.2) is 5.17 Å². The predicted molar refractivity (Wildman–Crippen MR) is 115 cm³/mol. The van der Waals surface area contributed by atoms with Gasteiger partial charge in [0.05, 0.1) is 24.0 Å². The molecule has 170 valence electrons. The Labute approximate surface area is 187 Å². The molecule has 0 bridgehead atoms. The molecule has 11 heteroatoms. The number of anilines is 1. The number of aromatic nitrogens is 2. The van der Waals surface area contributed by atoms with Gasteiger partial charge in [0.25, 0.3) is 12.3 Å². The smallest absolute Gasteiger partial charge is 0.281 e. The fourth-order valence-electron chi connectivity index (χ4n) is 4.30. The van der Waals surface area contributed by atoms with Crippen molar-refractivity contribution in [2.45, 2.75) is 37.3 Å². The van der Waals surface area contributed by atoms with Gasteiger partial charge in [0, 0.05) is 30.5 Å². The molecular formula is C21H22F3N5O2S. The molecule has 1 aromatic carbocycles. The molecule has 0 radical (unpaired) electrons. The number of nitrogens with one attached hydrogen (secondary N) is 1. The molecule has 0 unspecified atom stereocenters. The van der Waals surface area contributed by atoms with Crippen LogP contribution >= 0.6 is 11.8 Å². The Bertz CT molecular complexity index is 1040. The minimum Gasteiger partial charge on any atom is -0.381 e.